The summed E-state index contributed by atoms with van der Waals surface area (Å²) in [5.41, 5.74) is -6.54. The van der Waals surface area contributed by atoms with Gasteiger partial charge in [0.2, 0.25) is 5.60 Å². The highest BCUT2D eigenvalue weighted by molar-refractivity contribution is 5.90. The summed E-state index contributed by atoms with van der Waals surface area (Å²) < 4.78 is 18.2. The van der Waals surface area contributed by atoms with E-state index in [0.29, 0.717) is 0 Å². The summed E-state index contributed by atoms with van der Waals surface area (Å²) in [6.07, 6.45) is 0.958. The van der Waals surface area contributed by atoms with E-state index >= 15 is 0 Å². The number of hydrogen-bond donors (Lipinski definition) is 2. The molecule has 37 heavy (non-hydrogen) atoms. The molecule has 0 saturated heterocycles. The molecular formula is C29H32O8. The Kier molecular flexibility index (Phi) is 6.77. The van der Waals surface area contributed by atoms with E-state index in [4.69, 9.17) is 14.2 Å². The number of hydrogen-bond acceptors (Lipinski definition) is 7. The lowest BCUT2D eigenvalue weighted by Gasteiger charge is -2.60. The predicted molar refractivity (Wildman–Crippen MR) is 134 cm³/mol. The van der Waals surface area contributed by atoms with Gasteiger partial charge < -0.3 is 24.4 Å². The van der Waals surface area contributed by atoms with E-state index in [1.807, 2.05) is 0 Å². The van der Waals surface area contributed by atoms with Crippen LogP contribution in [0.4, 0.5) is 0 Å². The zero-order chi connectivity index (χ0) is 27.1. The van der Waals surface area contributed by atoms with Gasteiger partial charge in [-0.25, -0.2) is 14.4 Å². The average Bonchev–Trinajstić information content (AvgIpc) is 2.96. The van der Waals surface area contributed by atoms with Gasteiger partial charge >= 0.3 is 17.9 Å². The molecule has 0 spiro atoms. The largest absolute Gasteiger partial charge is 0.479 e. The Morgan fingerprint density at radius 3 is 1.89 bits per heavy atom. The van der Waals surface area contributed by atoms with Crippen LogP contribution >= 0.6 is 0 Å². The fourth-order valence-corrected chi connectivity index (χ4v) is 5.62. The van der Waals surface area contributed by atoms with Crippen molar-refractivity contribution in [3.63, 3.8) is 0 Å². The Labute approximate surface area is 215 Å². The third-order valence-electron chi connectivity index (χ3n) is 7.56. The van der Waals surface area contributed by atoms with Gasteiger partial charge in [0.1, 0.15) is 17.8 Å². The molecule has 2 aromatic rings. The molecular weight excluding hydrogens is 476 g/mol. The first-order chi connectivity index (χ1) is 17.3. The number of esters is 2. The zero-order valence-electron chi connectivity index (χ0n) is 21.3. The summed E-state index contributed by atoms with van der Waals surface area (Å²) in [5.74, 6) is -2.79. The van der Waals surface area contributed by atoms with Gasteiger partial charge in [0, 0.05) is 0 Å². The normalized spacial score (nSPS) is 32.5. The smallest absolute Gasteiger partial charge is 0.339 e. The topological polar surface area (TPSA) is 119 Å². The molecule has 1 aliphatic carbocycles. The first kappa shape index (κ1) is 26.6. The van der Waals surface area contributed by atoms with Crippen molar-refractivity contribution >= 4 is 17.9 Å². The number of carbonyl (C=O) groups excluding carboxylic acids is 2. The van der Waals surface area contributed by atoms with Crippen LogP contribution in [-0.2, 0) is 19.0 Å². The van der Waals surface area contributed by atoms with Crippen LogP contribution in [0.15, 0.2) is 72.8 Å². The molecule has 4 rings (SSSR count). The summed E-state index contributed by atoms with van der Waals surface area (Å²) in [6.45, 7) is 6.25. The highest BCUT2D eigenvalue weighted by Gasteiger charge is 2.75. The molecule has 0 bridgehead atoms. The lowest BCUT2D eigenvalue weighted by atomic mass is 9.53. The number of carboxylic acid groups (broad SMARTS) is 1. The Morgan fingerprint density at radius 1 is 0.865 bits per heavy atom. The number of benzene rings is 2. The molecule has 2 N–H and O–H groups in total. The van der Waals surface area contributed by atoms with Gasteiger partial charge in [-0.15, -0.1) is 0 Å². The molecule has 8 nitrogen and oxygen atoms in total. The van der Waals surface area contributed by atoms with Gasteiger partial charge in [0.05, 0.1) is 22.1 Å². The van der Waals surface area contributed by atoms with Gasteiger partial charge in [-0.3, -0.25) is 0 Å². The summed E-state index contributed by atoms with van der Waals surface area (Å²) in [6, 6.07) is 16.6. The molecule has 0 amide bonds. The molecule has 2 aliphatic rings. The molecule has 1 heterocycles. The minimum absolute atomic E-state index is 0.0307. The summed E-state index contributed by atoms with van der Waals surface area (Å²) in [4.78, 5) is 39.5. The third kappa shape index (κ3) is 4.45. The molecule has 1 aliphatic heterocycles. The van der Waals surface area contributed by atoms with Crippen LogP contribution in [0.2, 0.25) is 0 Å². The molecule has 2 aromatic carbocycles. The maximum Gasteiger partial charge on any atom is 0.339 e. The molecule has 0 aromatic heterocycles. The van der Waals surface area contributed by atoms with Crippen LogP contribution in [0, 0.1) is 5.41 Å². The SMILES string of the molecule is CC1(C)C=CC(OC(=O)c2ccccc2)C2(C)C(OC(=O)c3ccccc3)CCC(C)(O)C2(C(=O)O)O1. The Bertz CT molecular complexity index is 1200. The van der Waals surface area contributed by atoms with Gasteiger partial charge in [-0.05, 0) is 70.9 Å². The molecule has 8 heteroatoms. The number of aliphatic carboxylic acids is 1. The first-order valence-corrected chi connectivity index (χ1v) is 12.2. The van der Waals surface area contributed by atoms with Crippen molar-refractivity contribution < 1.29 is 38.8 Å². The predicted octanol–water partition coefficient (Wildman–Crippen LogP) is 4.18. The lowest BCUT2D eigenvalue weighted by molar-refractivity contribution is -0.306. The maximum atomic E-state index is 13.2. The Balaban J connectivity index is 1.87. The van der Waals surface area contributed by atoms with Crippen LogP contribution in [-0.4, -0.2) is 57.1 Å². The number of aliphatic hydroxyl groups is 1. The third-order valence-corrected chi connectivity index (χ3v) is 7.56. The lowest BCUT2D eigenvalue weighted by Crippen LogP contribution is -2.77. The van der Waals surface area contributed by atoms with E-state index in [1.54, 1.807) is 86.7 Å². The van der Waals surface area contributed by atoms with E-state index in [1.165, 1.54) is 13.8 Å². The van der Waals surface area contributed by atoms with Crippen LogP contribution in [0.3, 0.4) is 0 Å². The molecule has 5 atom stereocenters. The van der Waals surface area contributed by atoms with Gasteiger partial charge in [0.15, 0.2) is 0 Å². The zero-order valence-corrected chi connectivity index (χ0v) is 21.3. The summed E-state index contributed by atoms with van der Waals surface area (Å²) in [7, 11) is 0. The second kappa shape index (κ2) is 9.43. The van der Waals surface area contributed by atoms with E-state index in [-0.39, 0.29) is 24.0 Å². The first-order valence-electron chi connectivity index (χ1n) is 12.2. The molecule has 0 radical (unpaired) electrons. The van der Waals surface area contributed by atoms with Crippen LogP contribution in [0.1, 0.15) is 61.3 Å². The van der Waals surface area contributed by atoms with Crippen LogP contribution in [0.25, 0.3) is 0 Å². The fourth-order valence-electron chi connectivity index (χ4n) is 5.62. The van der Waals surface area contributed by atoms with E-state index in [2.05, 4.69) is 0 Å². The van der Waals surface area contributed by atoms with Crippen molar-refractivity contribution in [1.82, 2.24) is 0 Å². The van der Waals surface area contributed by atoms with Crippen LogP contribution < -0.4 is 0 Å². The van der Waals surface area contributed by atoms with Gasteiger partial charge in [-0.1, -0.05) is 42.5 Å². The molecule has 5 unspecified atom stereocenters. The quantitative estimate of drug-likeness (QED) is 0.456. The van der Waals surface area contributed by atoms with Crippen molar-refractivity contribution in [3.8, 4) is 0 Å². The van der Waals surface area contributed by atoms with Gasteiger partial charge in [-0.2, -0.15) is 0 Å². The van der Waals surface area contributed by atoms with E-state index in [9.17, 15) is 24.6 Å². The standard InChI is InChI=1S/C29H32O8/c1-26(2)17-15-21(35-23(30)19-11-7-5-8-12-19)28(4)22(36-24(31)20-13-9-6-10-14-20)16-18-27(3,34)29(28,37-26)25(32)33/h5-15,17,21-22,34H,16,18H2,1-4H3,(H,32,33). The number of carboxylic acids is 1. The molecule has 196 valence electrons. The average molecular weight is 509 g/mol. The highest BCUT2D eigenvalue weighted by Crippen LogP contribution is 2.58. The van der Waals surface area contributed by atoms with Gasteiger partial charge in [0.25, 0.3) is 0 Å². The van der Waals surface area contributed by atoms with E-state index < -0.39 is 52.3 Å². The Morgan fingerprint density at radius 2 is 1.38 bits per heavy atom. The number of ether oxygens (including phenoxy) is 3. The van der Waals surface area contributed by atoms with Crippen molar-refractivity contribution in [2.24, 2.45) is 5.41 Å². The maximum absolute atomic E-state index is 13.2. The van der Waals surface area contributed by atoms with E-state index in [0.717, 1.165) is 0 Å². The summed E-state index contributed by atoms with van der Waals surface area (Å²) in [5, 5.41) is 22.4. The number of rotatable bonds is 5. The second-order valence-corrected chi connectivity index (χ2v) is 10.6. The van der Waals surface area contributed by atoms with Crippen molar-refractivity contribution in [3.05, 3.63) is 83.9 Å². The number of carbonyl (C=O) groups is 3. The van der Waals surface area contributed by atoms with Crippen molar-refractivity contribution in [1.29, 1.82) is 0 Å². The van der Waals surface area contributed by atoms with Crippen molar-refractivity contribution in [2.45, 2.75) is 69.5 Å². The fraction of sp³-hybridized carbons (Fsp3) is 0.414. The summed E-state index contributed by atoms with van der Waals surface area (Å²) >= 11 is 0. The van der Waals surface area contributed by atoms with Crippen LogP contribution in [0.5, 0.6) is 0 Å². The number of fused-ring (bicyclic) bond motifs is 1. The minimum atomic E-state index is -2.31. The van der Waals surface area contributed by atoms with Crippen molar-refractivity contribution in [2.75, 3.05) is 0 Å². The second-order valence-electron chi connectivity index (χ2n) is 10.6. The highest BCUT2D eigenvalue weighted by atomic mass is 16.6. The molecule has 1 saturated carbocycles. The Hall–Kier alpha value is -3.49. The minimum Gasteiger partial charge on any atom is -0.479 e. The molecule has 1 fully saturated rings. The monoisotopic (exact) mass is 508 g/mol.